The number of furan rings is 1. The van der Waals surface area contributed by atoms with E-state index in [1.165, 1.54) is 6.07 Å². The van der Waals surface area contributed by atoms with Crippen molar-refractivity contribution in [1.82, 2.24) is 5.32 Å². The largest absolute Gasteiger partial charge is 0.459 e. The number of aryl methyl sites for hydroxylation is 1. The molecule has 17 heavy (non-hydrogen) atoms. The molecule has 0 atom stereocenters. The highest BCUT2D eigenvalue weighted by molar-refractivity contribution is 5.82. The molecule has 0 saturated heterocycles. The average molecular weight is 239 g/mol. The van der Waals surface area contributed by atoms with E-state index in [1.807, 2.05) is 0 Å². The Bertz CT molecular complexity index is 534. The summed E-state index contributed by atoms with van der Waals surface area (Å²) >= 11 is 0. The fourth-order valence-electron chi connectivity index (χ4n) is 1.89. The lowest BCUT2D eigenvalue weighted by Gasteiger charge is -2.00. The molecule has 1 heterocycles. The first-order valence-electron chi connectivity index (χ1n) is 5.71. The lowest BCUT2D eigenvalue weighted by Crippen LogP contribution is -2.13. The first-order chi connectivity index (χ1) is 8.13. The van der Waals surface area contributed by atoms with Crippen LogP contribution in [0.3, 0.4) is 0 Å². The number of nitrogens with one attached hydrogen (secondary N) is 1. The molecule has 0 aliphatic heterocycles. The second-order valence-electron chi connectivity index (χ2n) is 4.09. The van der Waals surface area contributed by atoms with E-state index < -0.39 is 11.6 Å². The summed E-state index contributed by atoms with van der Waals surface area (Å²) in [5, 5.41) is 3.55. The van der Waals surface area contributed by atoms with Gasteiger partial charge in [0.25, 0.3) is 0 Å². The summed E-state index contributed by atoms with van der Waals surface area (Å²) in [5.41, 5.74) is 1.01. The molecule has 0 saturated carbocycles. The smallest absolute Gasteiger partial charge is 0.140 e. The average Bonchev–Trinajstić information content (AvgIpc) is 2.56. The zero-order valence-corrected chi connectivity index (χ0v) is 9.94. The fourth-order valence-corrected chi connectivity index (χ4v) is 1.89. The molecule has 0 aliphatic carbocycles. The lowest BCUT2D eigenvalue weighted by atomic mass is 10.1. The van der Waals surface area contributed by atoms with Gasteiger partial charge in [0.2, 0.25) is 0 Å². The van der Waals surface area contributed by atoms with E-state index in [4.69, 9.17) is 4.42 Å². The highest BCUT2D eigenvalue weighted by atomic mass is 19.1. The van der Waals surface area contributed by atoms with Crippen molar-refractivity contribution in [3.8, 4) is 0 Å². The standard InChI is InChI=1S/C13H15F2NO/c1-3-4-16-7-12-8(2)13-10(15)5-9(14)6-11(13)17-12/h5-6,16H,3-4,7H2,1-2H3. The molecule has 4 heteroatoms. The second-order valence-corrected chi connectivity index (χ2v) is 4.09. The Balaban J connectivity index is 2.39. The minimum Gasteiger partial charge on any atom is -0.459 e. The van der Waals surface area contributed by atoms with E-state index >= 15 is 0 Å². The van der Waals surface area contributed by atoms with Crippen molar-refractivity contribution < 1.29 is 13.2 Å². The van der Waals surface area contributed by atoms with Gasteiger partial charge in [0.1, 0.15) is 23.0 Å². The molecule has 0 spiro atoms. The maximum Gasteiger partial charge on any atom is 0.140 e. The molecule has 1 aromatic heterocycles. The summed E-state index contributed by atoms with van der Waals surface area (Å²) in [6.45, 7) is 5.26. The van der Waals surface area contributed by atoms with E-state index in [0.717, 1.165) is 24.6 Å². The van der Waals surface area contributed by atoms with Crippen LogP contribution in [-0.4, -0.2) is 6.54 Å². The molecule has 0 radical (unpaired) electrons. The summed E-state index contributed by atoms with van der Waals surface area (Å²) in [4.78, 5) is 0. The minimum atomic E-state index is -0.614. The van der Waals surface area contributed by atoms with Gasteiger partial charge in [-0.1, -0.05) is 6.92 Å². The number of halogens is 2. The maximum absolute atomic E-state index is 13.6. The Morgan fingerprint density at radius 2 is 2.06 bits per heavy atom. The van der Waals surface area contributed by atoms with Crippen molar-refractivity contribution in [3.63, 3.8) is 0 Å². The van der Waals surface area contributed by atoms with Crippen LogP contribution in [0, 0.1) is 18.6 Å². The number of hydrogen-bond donors (Lipinski definition) is 1. The number of fused-ring (bicyclic) bond motifs is 1. The molecule has 1 N–H and O–H groups in total. The number of benzene rings is 1. The predicted molar refractivity (Wildman–Crippen MR) is 62.9 cm³/mol. The summed E-state index contributed by atoms with van der Waals surface area (Å²) in [6.07, 6.45) is 1.02. The van der Waals surface area contributed by atoms with Gasteiger partial charge in [0.05, 0.1) is 11.9 Å². The zero-order chi connectivity index (χ0) is 12.4. The molecular formula is C13H15F2NO. The van der Waals surface area contributed by atoms with E-state index in [2.05, 4.69) is 12.2 Å². The molecule has 0 aliphatic rings. The van der Waals surface area contributed by atoms with Crippen molar-refractivity contribution in [2.45, 2.75) is 26.8 Å². The van der Waals surface area contributed by atoms with Gasteiger partial charge in [-0.25, -0.2) is 8.78 Å². The fraction of sp³-hybridized carbons (Fsp3) is 0.385. The molecular weight excluding hydrogens is 224 g/mol. The summed E-state index contributed by atoms with van der Waals surface area (Å²) in [6, 6.07) is 2.10. The maximum atomic E-state index is 13.6. The van der Waals surface area contributed by atoms with Gasteiger partial charge >= 0.3 is 0 Å². The highest BCUT2D eigenvalue weighted by Crippen LogP contribution is 2.28. The van der Waals surface area contributed by atoms with Gasteiger partial charge < -0.3 is 9.73 Å². The number of hydrogen-bond acceptors (Lipinski definition) is 2. The quantitative estimate of drug-likeness (QED) is 0.826. The van der Waals surface area contributed by atoms with Gasteiger partial charge in [-0.3, -0.25) is 0 Å². The molecule has 0 unspecified atom stereocenters. The Hall–Kier alpha value is -1.42. The Kier molecular flexibility index (Phi) is 3.43. The van der Waals surface area contributed by atoms with E-state index in [-0.39, 0.29) is 5.58 Å². The third-order valence-electron chi connectivity index (χ3n) is 2.76. The van der Waals surface area contributed by atoms with Crippen molar-refractivity contribution in [3.05, 3.63) is 35.1 Å². The van der Waals surface area contributed by atoms with Crippen LogP contribution in [0.15, 0.2) is 16.5 Å². The van der Waals surface area contributed by atoms with Crippen molar-refractivity contribution in [2.24, 2.45) is 0 Å². The minimum absolute atomic E-state index is 0.272. The molecule has 2 rings (SSSR count). The molecule has 1 aromatic carbocycles. The van der Waals surface area contributed by atoms with E-state index in [1.54, 1.807) is 6.92 Å². The zero-order valence-electron chi connectivity index (χ0n) is 9.94. The molecule has 2 aromatic rings. The Morgan fingerprint density at radius 1 is 1.29 bits per heavy atom. The van der Waals surface area contributed by atoms with Crippen LogP contribution in [0.2, 0.25) is 0 Å². The first-order valence-corrected chi connectivity index (χ1v) is 5.71. The van der Waals surface area contributed by atoms with Crippen LogP contribution in [-0.2, 0) is 6.54 Å². The molecule has 0 fully saturated rings. The van der Waals surface area contributed by atoms with Crippen molar-refractivity contribution in [1.29, 1.82) is 0 Å². The highest BCUT2D eigenvalue weighted by Gasteiger charge is 2.15. The van der Waals surface area contributed by atoms with Gasteiger partial charge in [-0.2, -0.15) is 0 Å². The van der Waals surface area contributed by atoms with Gasteiger partial charge in [0, 0.05) is 17.7 Å². The topological polar surface area (TPSA) is 25.2 Å². The summed E-state index contributed by atoms with van der Waals surface area (Å²) in [7, 11) is 0. The van der Waals surface area contributed by atoms with Crippen molar-refractivity contribution >= 4 is 11.0 Å². The number of rotatable bonds is 4. The molecule has 0 bridgehead atoms. The van der Waals surface area contributed by atoms with Crippen LogP contribution < -0.4 is 5.32 Å². The van der Waals surface area contributed by atoms with E-state index in [9.17, 15) is 8.78 Å². The van der Waals surface area contributed by atoms with Crippen LogP contribution in [0.5, 0.6) is 0 Å². The summed E-state index contributed by atoms with van der Waals surface area (Å²) < 4.78 is 32.1. The van der Waals surface area contributed by atoms with Crippen LogP contribution in [0.4, 0.5) is 8.78 Å². The van der Waals surface area contributed by atoms with Gasteiger partial charge in [-0.15, -0.1) is 0 Å². The normalized spacial score (nSPS) is 11.3. The van der Waals surface area contributed by atoms with Crippen LogP contribution in [0.25, 0.3) is 11.0 Å². The monoisotopic (exact) mass is 239 g/mol. The van der Waals surface area contributed by atoms with Gasteiger partial charge in [0.15, 0.2) is 0 Å². The van der Waals surface area contributed by atoms with Crippen molar-refractivity contribution in [2.75, 3.05) is 6.54 Å². The third kappa shape index (κ3) is 2.31. The van der Waals surface area contributed by atoms with Crippen LogP contribution in [0.1, 0.15) is 24.7 Å². The summed E-state index contributed by atoms with van der Waals surface area (Å²) in [5.74, 6) is -0.516. The third-order valence-corrected chi connectivity index (χ3v) is 2.76. The SMILES string of the molecule is CCCNCc1oc2cc(F)cc(F)c2c1C. The predicted octanol–water partition coefficient (Wildman–Crippen LogP) is 3.52. The molecule has 92 valence electrons. The Morgan fingerprint density at radius 3 is 2.76 bits per heavy atom. The first kappa shape index (κ1) is 12.0. The molecule has 0 amide bonds. The van der Waals surface area contributed by atoms with Gasteiger partial charge in [-0.05, 0) is 19.9 Å². The second kappa shape index (κ2) is 4.84. The van der Waals surface area contributed by atoms with Crippen LogP contribution >= 0.6 is 0 Å². The molecule has 2 nitrogen and oxygen atoms in total. The van der Waals surface area contributed by atoms with E-state index in [0.29, 0.717) is 17.7 Å². The lowest BCUT2D eigenvalue weighted by molar-refractivity contribution is 0.507. The Labute approximate surface area is 98.6 Å².